The molecule has 1 fully saturated rings. The van der Waals surface area contributed by atoms with E-state index in [1.807, 2.05) is 12.1 Å². The van der Waals surface area contributed by atoms with E-state index in [1.165, 1.54) is 6.07 Å². The number of carbonyl (C=O) groups excluding carboxylic acids is 2. The molecule has 0 saturated carbocycles. The number of aromatic amines is 1. The Bertz CT molecular complexity index is 767. The lowest BCUT2D eigenvalue weighted by Crippen LogP contribution is -2.41. The number of piperidine rings is 1. The van der Waals surface area contributed by atoms with E-state index in [4.69, 9.17) is 21.1 Å². The molecular weight excluding hydrogens is 358 g/mol. The largest absolute Gasteiger partial charge is 0.490 e. The summed E-state index contributed by atoms with van der Waals surface area (Å²) in [5, 5.41) is 7.14. The molecule has 1 aliphatic rings. The van der Waals surface area contributed by atoms with Gasteiger partial charge in [-0.05, 0) is 31.2 Å². The third-order valence-corrected chi connectivity index (χ3v) is 4.39. The fourth-order valence-electron chi connectivity index (χ4n) is 2.79. The highest BCUT2D eigenvalue weighted by molar-refractivity contribution is 6.30. The van der Waals surface area contributed by atoms with Crippen LogP contribution in [0.4, 0.5) is 0 Å². The number of hydrogen-bond acceptors (Lipinski definition) is 5. The Labute approximate surface area is 156 Å². The molecule has 0 unspecified atom stereocenters. The van der Waals surface area contributed by atoms with Gasteiger partial charge >= 0.3 is 5.97 Å². The molecule has 7 nitrogen and oxygen atoms in total. The van der Waals surface area contributed by atoms with Crippen molar-refractivity contribution in [1.29, 1.82) is 0 Å². The molecule has 1 aliphatic heterocycles. The smallest absolute Gasteiger partial charge is 0.356 e. The van der Waals surface area contributed by atoms with E-state index in [0.29, 0.717) is 18.1 Å². The van der Waals surface area contributed by atoms with Crippen LogP contribution < -0.4 is 4.74 Å². The zero-order valence-electron chi connectivity index (χ0n) is 14.4. The molecule has 3 rings (SSSR count). The number of ether oxygens (including phenoxy) is 2. The molecule has 0 bridgehead atoms. The number of rotatable bonds is 5. The van der Waals surface area contributed by atoms with Gasteiger partial charge in [-0.1, -0.05) is 11.6 Å². The van der Waals surface area contributed by atoms with Crippen LogP contribution in [0.15, 0.2) is 30.3 Å². The molecule has 1 N–H and O–H groups in total. The minimum absolute atomic E-state index is 0.0505. The number of H-pyrrole nitrogens is 1. The van der Waals surface area contributed by atoms with E-state index in [-0.39, 0.29) is 30.0 Å². The Morgan fingerprint density at radius 1 is 1.27 bits per heavy atom. The lowest BCUT2D eigenvalue weighted by atomic mass is 10.1. The van der Waals surface area contributed by atoms with E-state index >= 15 is 0 Å². The van der Waals surface area contributed by atoms with Crippen molar-refractivity contribution in [3.63, 3.8) is 0 Å². The molecule has 8 heteroatoms. The highest BCUT2D eigenvalue weighted by atomic mass is 35.5. The molecule has 0 spiro atoms. The normalized spacial score (nSPS) is 14.9. The van der Waals surface area contributed by atoms with Crippen LogP contribution in [0.5, 0.6) is 5.75 Å². The van der Waals surface area contributed by atoms with Crippen LogP contribution in [0.1, 0.15) is 40.7 Å². The van der Waals surface area contributed by atoms with Crippen molar-refractivity contribution in [2.75, 3.05) is 19.7 Å². The number of nitrogens with one attached hydrogen (secondary N) is 1. The standard InChI is InChI=1S/C18H20ClN3O4/c1-2-25-18(24)16-11-15(20-21-16)17(23)22-9-7-14(8-10-22)26-13-5-3-12(19)4-6-13/h3-6,11,14H,2,7-10H2,1H3,(H,20,21). The van der Waals surface area contributed by atoms with Crippen LogP contribution in [0, 0.1) is 0 Å². The average Bonchev–Trinajstić information content (AvgIpc) is 3.14. The molecule has 1 aromatic heterocycles. The van der Waals surface area contributed by atoms with Crippen molar-refractivity contribution in [3.8, 4) is 5.75 Å². The minimum Gasteiger partial charge on any atom is -0.490 e. The maximum atomic E-state index is 12.5. The molecular formula is C18H20ClN3O4. The van der Waals surface area contributed by atoms with Gasteiger partial charge in [-0.15, -0.1) is 0 Å². The summed E-state index contributed by atoms with van der Waals surface area (Å²) in [7, 11) is 0. The van der Waals surface area contributed by atoms with Crippen molar-refractivity contribution in [3.05, 3.63) is 46.7 Å². The minimum atomic E-state index is -0.519. The average molecular weight is 378 g/mol. The first-order chi connectivity index (χ1) is 12.6. The maximum Gasteiger partial charge on any atom is 0.356 e. The molecule has 0 radical (unpaired) electrons. The topological polar surface area (TPSA) is 84.5 Å². The molecule has 0 atom stereocenters. The Morgan fingerprint density at radius 3 is 2.62 bits per heavy atom. The van der Waals surface area contributed by atoms with Crippen molar-refractivity contribution in [2.24, 2.45) is 0 Å². The Hall–Kier alpha value is -2.54. The van der Waals surface area contributed by atoms with Gasteiger partial charge in [0, 0.05) is 37.0 Å². The summed E-state index contributed by atoms with van der Waals surface area (Å²) in [5.41, 5.74) is 0.390. The monoisotopic (exact) mass is 377 g/mol. The summed E-state index contributed by atoms with van der Waals surface area (Å²) in [6.45, 7) is 3.12. The Morgan fingerprint density at radius 2 is 1.96 bits per heavy atom. The lowest BCUT2D eigenvalue weighted by Gasteiger charge is -2.31. The predicted molar refractivity (Wildman–Crippen MR) is 95.5 cm³/mol. The van der Waals surface area contributed by atoms with Gasteiger partial charge in [-0.2, -0.15) is 5.10 Å². The third kappa shape index (κ3) is 4.35. The van der Waals surface area contributed by atoms with Crippen LogP contribution in [0.2, 0.25) is 5.02 Å². The number of esters is 1. The first-order valence-electron chi connectivity index (χ1n) is 8.51. The number of benzene rings is 1. The Balaban J connectivity index is 1.53. The van der Waals surface area contributed by atoms with Crippen LogP contribution in [0.3, 0.4) is 0 Å². The molecule has 138 valence electrons. The summed E-state index contributed by atoms with van der Waals surface area (Å²) >= 11 is 5.87. The summed E-state index contributed by atoms with van der Waals surface area (Å²) in [5.74, 6) is 0.0430. The van der Waals surface area contributed by atoms with E-state index in [2.05, 4.69) is 10.2 Å². The highest BCUT2D eigenvalue weighted by Gasteiger charge is 2.26. The Kier molecular flexibility index (Phi) is 5.78. The van der Waals surface area contributed by atoms with Gasteiger partial charge in [0.1, 0.15) is 17.5 Å². The quantitative estimate of drug-likeness (QED) is 0.810. The van der Waals surface area contributed by atoms with Gasteiger partial charge in [-0.3, -0.25) is 9.89 Å². The zero-order chi connectivity index (χ0) is 18.5. The van der Waals surface area contributed by atoms with Crippen molar-refractivity contribution in [2.45, 2.75) is 25.9 Å². The molecule has 2 heterocycles. The molecule has 1 saturated heterocycles. The molecule has 2 aromatic rings. The first-order valence-corrected chi connectivity index (χ1v) is 8.88. The second kappa shape index (κ2) is 8.23. The molecule has 1 aromatic carbocycles. The number of likely N-dealkylation sites (tertiary alicyclic amines) is 1. The van der Waals surface area contributed by atoms with E-state index in [0.717, 1.165) is 18.6 Å². The summed E-state index contributed by atoms with van der Waals surface area (Å²) < 4.78 is 10.8. The number of halogens is 1. The lowest BCUT2D eigenvalue weighted by molar-refractivity contribution is 0.0519. The van der Waals surface area contributed by atoms with E-state index in [1.54, 1.807) is 24.0 Å². The third-order valence-electron chi connectivity index (χ3n) is 4.14. The number of aromatic nitrogens is 2. The highest BCUT2D eigenvalue weighted by Crippen LogP contribution is 2.21. The van der Waals surface area contributed by atoms with Crippen LogP contribution >= 0.6 is 11.6 Å². The van der Waals surface area contributed by atoms with Gasteiger partial charge in [0.05, 0.1) is 6.61 Å². The summed E-state index contributed by atoms with van der Waals surface area (Å²) in [6.07, 6.45) is 1.50. The number of carbonyl (C=O) groups is 2. The van der Waals surface area contributed by atoms with Crippen molar-refractivity contribution < 1.29 is 19.1 Å². The van der Waals surface area contributed by atoms with Crippen molar-refractivity contribution in [1.82, 2.24) is 15.1 Å². The van der Waals surface area contributed by atoms with Gasteiger partial charge in [0.15, 0.2) is 5.69 Å². The van der Waals surface area contributed by atoms with Gasteiger partial charge in [-0.25, -0.2) is 4.79 Å². The fourth-order valence-corrected chi connectivity index (χ4v) is 2.92. The van der Waals surface area contributed by atoms with Gasteiger partial charge in [0.25, 0.3) is 5.91 Å². The summed E-state index contributed by atoms with van der Waals surface area (Å²) in [6, 6.07) is 8.67. The second-order valence-electron chi connectivity index (χ2n) is 5.95. The second-order valence-corrected chi connectivity index (χ2v) is 6.39. The SMILES string of the molecule is CCOC(=O)c1cc(C(=O)N2CCC(Oc3ccc(Cl)cc3)CC2)n[nH]1. The van der Waals surface area contributed by atoms with Crippen LogP contribution in [0.25, 0.3) is 0 Å². The molecule has 0 aliphatic carbocycles. The van der Waals surface area contributed by atoms with Crippen molar-refractivity contribution >= 4 is 23.5 Å². The number of nitrogens with zero attached hydrogens (tertiary/aromatic N) is 2. The number of amides is 1. The zero-order valence-corrected chi connectivity index (χ0v) is 15.2. The van der Waals surface area contributed by atoms with E-state index < -0.39 is 5.97 Å². The van der Waals surface area contributed by atoms with Gasteiger partial charge < -0.3 is 14.4 Å². The van der Waals surface area contributed by atoms with Crippen LogP contribution in [-0.2, 0) is 4.74 Å². The summed E-state index contributed by atoms with van der Waals surface area (Å²) in [4.78, 5) is 25.9. The van der Waals surface area contributed by atoms with E-state index in [9.17, 15) is 9.59 Å². The van der Waals surface area contributed by atoms with Gasteiger partial charge in [0.2, 0.25) is 0 Å². The fraction of sp³-hybridized carbons (Fsp3) is 0.389. The molecule has 1 amide bonds. The predicted octanol–water partition coefficient (Wildman–Crippen LogP) is 2.92. The first kappa shape index (κ1) is 18.3. The number of hydrogen-bond donors (Lipinski definition) is 1. The maximum absolute atomic E-state index is 12.5. The van der Waals surface area contributed by atoms with Crippen LogP contribution in [-0.4, -0.2) is 52.8 Å². The molecule has 26 heavy (non-hydrogen) atoms.